The summed E-state index contributed by atoms with van der Waals surface area (Å²) in [6, 6.07) is 0. The normalized spacial score (nSPS) is 17.2. The predicted molar refractivity (Wildman–Crippen MR) is 55.9 cm³/mol. The molecule has 0 fully saturated rings. The quantitative estimate of drug-likeness (QED) is 0.539. The van der Waals surface area contributed by atoms with E-state index in [1.165, 1.54) is 0 Å². The van der Waals surface area contributed by atoms with Gasteiger partial charge < -0.3 is 38.7 Å². The third-order valence-electron chi connectivity index (χ3n) is 1.80. The molecular weight excluding hydrogens is 272 g/mol. The average molecular weight is 282 g/mol. The van der Waals surface area contributed by atoms with E-state index in [1.807, 2.05) is 0 Å². The number of ether oxygens (including phenoxy) is 4. The van der Waals surface area contributed by atoms with Gasteiger partial charge in [-0.25, -0.2) is 0 Å². The molecule has 0 saturated carbocycles. The molecule has 3 rings (SSSR count). The number of carboxylic acids is 2. The fourth-order valence-corrected chi connectivity index (χ4v) is 0.825. The van der Waals surface area contributed by atoms with Crippen molar-refractivity contribution in [3.8, 4) is 0 Å². The number of hydrogen-bond donors (Lipinski definition) is 0. The zero-order valence-electron chi connectivity index (χ0n) is 10.1. The number of allylic oxidation sites excluding steroid dienone is 2. The molecule has 2 aliphatic heterocycles. The first kappa shape index (κ1) is 15.2. The van der Waals surface area contributed by atoms with Crippen LogP contribution in [0.5, 0.6) is 0 Å². The van der Waals surface area contributed by atoms with Gasteiger partial charge in [-0.05, 0) is 0 Å². The third kappa shape index (κ3) is 5.68. The highest BCUT2D eigenvalue weighted by Gasteiger charge is 2.25. The van der Waals surface area contributed by atoms with Crippen LogP contribution in [0, 0.1) is 12.2 Å². The lowest BCUT2D eigenvalue weighted by Crippen LogP contribution is -2.35. The third-order valence-corrected chi connectivity index (χ3v) is 1.80. The Balaban J connectivity index is 0.000000158. The average Bonchev–Trinajstić information content (AvgIpc) is 3.02. The van der Waals surface area contributed by atoms with Crippen LogP contribution in [0.4, 0.5) is 0 Å². The van der Waals surface area contributed by atoms with E-state index in [0.717, 1.165) is 37.9 Å². The lowest BCUT2D eigenvalue weighted by Gasteiger charge is -2.08. The molecule has 8 nitrogen and oxygen atoms in total. The lowest BCUT2D eigenvalue weighted by atomic mass is 10.1. The molecule has 0 saturated heterocycles. The largest absolute Gasteiger partial charge is 0.543 e. The van der Waals surface area contributed by atoms with Crippen LogP contribution in [0.25, 0.3) is 0 Å². The second kappa shape index (κ2) is 8.31. The van der Waals surface area contributed by atoms with Gasteiger partial charge in [0.25, 0.3) is 25.4 Å². The number of aliphatic carboxylic acids is 2. The van der Waals surface area contributed by atoms with Crippen LogP contribution in [-0.4, -0.2) is 24.5 Å². The monoisotopic (exact) mass is 282 g/mol. The summed E-state index contributed by atoms with van der Waals surface area (Å²) < 4.78 is 17.4. The van der Waals surface area contributed by atoms with Crippen LogP contribution in [-0.2, 0) is 28.5 Å². The molecule has 0 N–H and O–H groups in total. The summed E-state index contributed by atoms with van der Waals surface area (Å²) in [7, 11) is 0. The van der Waals surface area contributed by atoms with Crippen molar-refractivity contribution < 1.29 is 38.7 Å². The van der Waals surface area contributed by atoms with Crippen molar-refractivity contribution >= 4 is 11.9 Å². The van der Waals surface area contributed by atoms with Gasteiger partial charge in [0.1, 0.15) is 37.0 Å². The van der Waals surface area contributed by atoms with Crippen molar-refractivity contribution in [3.63, 3.8) is 0 Å². The number of carboxylic acid groups (broad SMARTS) is 2. The minimum atomic E-state index is -1.37. The Hall–Kier alpha value is -2.82. The van der Waals surface area contributed by atoms with Gasteiger partial charge in [-0.2, -0.15) is 0 Å². The van der Waals surface area contributed by atoms with Crippen LogP contribution in [0.2, 0.25) is 0 Å². The van der Waals surface area contributed by atoms with Gasteiger partial charge in [-0.15, -0.1) is 0 Å². The first-order chi connectivity index (χ1) is 9.61. The minimum Gasteiger partial charge on any atom is -0.543 e. The molecule has 8 heteroatoms. The van der Waals surface area contributed by atoms with E-state index >= 15 is 0 Å². The fourth-order valence-electron chi connectivity index (χ4n) is 0.825. The van der Waals surface area contributed by atoms with Gasteiger partial charge in [-0.1, -0.05) is 0 Å². The fraction of sp³-hybridized carbons (Fsp3) is 0.333. The molecule has 0 unspecified atom stereocenters. The van der Waals surface area contributed by atoms with E-state index in [1.54, 1.807) is 0 Å². The first-order valence-electron chi connectivity index (χ1n) is 5.40. The topological polar surface area (TPSA) is 117 Å². The van der Waals surface area contributed by atoms with Gasteiger partial charge in [0.15, 0.2) is 0 Å². The van der Waals surface area contributed by atoms with Gasteiger partial charge in [-0.3, -0.25) is 0 Å². The molecule has 3 aliphatic rings. The SMILES string of the molecule is O=C([O-])C1OC=CO1.O=C([O-])C1OC=CO1.[C+]1=[C+]CC1. The number of hydrogen-bond acceptors (Lipinski definition) is 8. The van der Waals surface area contributed by atoms with Crippen molar-refractivity contribution in [1.29, 1.82) is 0 Å². The van der Waals surface area contributed by atoms with Crippen LogP contribution in [0.3, 0.4) is 0 Å². The van der Waals surface area contributed by atoms with Crippen molar-refractivity contribution in [2.75, 3.05) is 0 Å². The van der Waals surface area contributed by atoms with Gasteiger partial charge in [0.2, 0.25) is 0 Å². The molecule has 0 aromatic carbocycles. The lowest BCUT2D eigenvalue weighted by molar-refractivity contribution is -0.326. The van der Waals surface area contributed by atoms with Crippen molar-refractivity contribution in [3.05, 3.63) is 37.2 Å². The Labute approximate surface area is 114 Å². The minimum absolute atomic E-state index is 1.14. The van der Waals surface area contributed by atoms with E-state index in [0.29, 0.717) is 0 Å². The molecule has 0 aromatic rings. The van der Waals surface area contributed by atoms with E-state index < -0.39 is 24.5 Å². The second-order valence-corrected chi connectivity index (χ2v) is 3.24. The second-order valence-electron chi connectivity index (χ2n) is 3.24. The molecule has 0 spiro atoms. The van der Waals surface area contributed by atoms with E-state index in [-0.39, 0.29) is 0 Å². The molecule has 2 heterocycles. The first-order valence-corrected chi connectivity index (χ1v) is 5.40. The summed E-state index contributed by atoms with van der Waals surface area (Å²) in [5.41, 5.74) is 0. The molecule has 1 aliphatic carbocycles. The Kier molecular flexibility index (Phi) is 6.33. The number of rotatable bonds is 2. The Morgan fingerprint density at radius 2 is 1.05 bits per heavy atom. The van der Waals surface area contributed by atoms with Crippen molar-refractivity contribution in [2.24, 2.45) is 0 Å². The van der Waals surface area contributed by atoms with Crippen molar-refractivity contribution in [2.45, 2.75) is 25.4 Å². The molecule has 0 bridgehead atoms. The predicted octanol–water partition coefficient (Wildman–Crippen LogP) is -1.90. The summed E-state index contributed by atoms with van der Waals surface area (Å²) in [6.45, 7) is 0. The molecule has 0 radical (unpaired) electrons. The summed E-state index contributed by atoms with van der Waals surface area (Å²) in [5.74, 6) is -2.73. The highest BCUT2D eigenvalue weighted by molar-refractivity contribution is 5.69. The summed E-state index contributed by atoms with van der Waals surface area (Å²) >= 11 is 0. The Morgan fingerprint density at radius 1 is 0.800 bits per heavy atom. The van der Waals surface area contributed by atoms with Crippen LogP contribution < -0.4 is 10.2 Å². The molecule has 0 atom stereocenters. The van der Waals surface area contributed by atoms with Crippen LogP contribution in [0.1, 0.15) is 12.8 Å². The zero-order valence-corrected chi connectivity index (χ0v) is 10.1. The summed E-state index contributed by atoms with van der Waals surface area (Å²) in [5, 5.41) is 19.6. The van der Waals surface area contributed by atoms with Gasteiger partial charge in [0.05, 0.1) is 0 Å². The molecule has 106 valence electrons. The van der Waals surface area contributed by atoms with Crippen LogP contribution >= 0.6 is 0 Å². The van der Waals surface area contributed by atoms with Crippen LogP contribution in [0.15, 0.2) is 25.0 Å². The number of carbonyl (C=O) groups excluding carboxylic acids is 2. The van der Waals surface area contributed by atoms with Gasteiger partial charge in [0, 0.05) is 0 Å². The highest BCUT2D eigenvalue weighted by atomic mass is 16.7. The highest BCUT2D eigenvalue weighted by Crippen LogP contribution is 2.02. The van der Waals surface area contributed by atoms with E-state index in [2.05, 4.69) is 31.1 Å². The maximum absolute atomic E-state index is 9.80. The van der Waals surface area contributed by atoms with E-state index in [9.17, 15) is 19.8 Å². The zero-order chi connectivity index (χ0) is 14.8. The molecular formula is C12H10O8. The maximum Gasteiger partial charge on any atom is 0.519 e. The Bertz CT molecular complexity index is 358. The molecule has 0 aromatic heterocycles. The standard InChI is InChI=1S/2C4H4O4.C4H4/c2*5-3(6)4-7-1-2-8-4;1-2-4-3-1/h2*1-2,4H,(H,5,6);1-2H2/q;;+2/p-2. The van der Waals surface area contributed by atoms with Gasteiger partial charge >= 0.3 is 12.2 Å². The smallest absolute Gasteiger partial charge is 0.519 e. The molecule has 0 amide bonds. The maximum atomic E-state index is 9.80. The summed E-state index contributed by atoms with van der Waals surface area (Å²) in [4.78, 5) is 19.6. The molecule has 20 heavy (non-hydrogen) atoms. The van der Waals surface area contributed by atoms with E-state index in [4.69, 9.17) is 0 Å². The summed E-state index contributed by atoms with van der Waals surface area (Å²) in [6.07, 6.45) is 10.1. The number of carbonyl (C=O) groups is 2. The Morgan fingerprint density at radius 3 is 1.15 bits per heavy atom. The van der Waals surface area contributed by atoms with Crippen molar-refractivity contribution in [1.82, 2.24) is 0 Å².